The van der Waals surface area contributed by atoms with E-state index in [1.165, 1.54) is 0 Å². The van der Waals surface area contributed by atoms with E-state index < -0.39 is 0 Å². The van der Waals surface area contributed by atoms with E-state index in [0.717, 1.165) is 30.2 Å². The number of methoxy groups -OCH3 is 1. The fourth-order valence-corrected chi connectivity index (χ4v) is 2.57. The Hall–Kier alpha value is -2.09. The van der Waals surface area contributed by atoms with Crippen molar-refractivity contribution in [3.8, 4) is 0 Å². The quantitative estimate of drug-likeness (QED) is 0.800. The number of hydrogen-bond donors (Lipinski definition) is 0. The van der Waals surface area contributed by atoms with E-state index >= 15 is 0 Å². The van der Waals surface area contributed by atoms with Crippen LogP contribution in [0.15, 0.2) is 6.20 Å². The SMILES string of the molecule is CO[C@@H]1CN(c2nnc(C)c(C)n2)C[C@H]1c1cn(C)nn1. The molecule has 0 aliphatic carbocycles. The average Bonchev–Trinajstić information content (AvgIpc) is 3.07. The van der Waals surface area contributed by atoms with Crippen molar-refractivity contribution in [2.45, 2.75) is 25.9 Å². The van der Waals surface area contributed by atoms with Gasteiger partial charge in [0.25, 0.3) is 0 Å². The first-order valence-corrected chi connectivity index (χ1v) is 6.90. The molecule has 0 bridgehead atoms. The van der Waals surface area contributed by atoms with Gasteiger partial charge >= 0.3 is 0 Å². The summed E-state index contributed by atoms with van der Waals surface area (Å²) in [7, 11) is 3.58. The van der Waals surface area contributed by atoms with Crippen LogP contribution in [0.3, 0.4) is 0 Å². The molecule has 1 fully saturated rings. The van der Waals surface area contributed by atoms with Crippen molar-refractivity contribution >= 4 is 5.95 Å². The fourth-order valence-electron chi connectivity index (χ4n) is 2.57. The number of ether oxygens (including phenoxy) is 1. The van der Waals surface area contributed by atoms with E-state index in [2.05, 4.69) is 30.4 Å². The zero-order valence-electron chi connectivity index (χ0n) is 12.7. The summed E-state index contributed by atoms with van der Waals surface area (Å²) in [5.74, 6) is 0.806. The molecule has 2 aromatic heterocycles. The number of rotatable bonds is 3. The highest BCUT2D eigenvalue weighted by atomic mass is 16.5. The third-order valence-corrected chi connectivity index (χ3v) is 3.93. The van der Waals surface area contributed by atoms with Crippen LogP contribution in [0.4, 0.5) is 5.95 Å². The molecule has 3 rings (SSSR count). The van der Waals surface area contributed by atoms with Gasteiger partial charge < -0.3 is 9.64 Å². The van der Waals surface area contributed by atoms with Crippen LogP contribution in [0.2, 0.25) is 0 Å². The summed E-state index contributed by atoms with van der Waals surface area (Å²) < 4.78 is 7.31. The van der Waals surface area contributed by atoms with Crippen molar-refractivity contribution < 1.29 is 4.74 Å². The Morgan fingerprint density at radius 3 is 2.57 bits per heavy atom. The van der Waals surface area contributed by atoms with Crippen molar-refractivity contribution in [2.75, 3.05) is 25.1 Å². The van der Waals surface area contributed by atoms with Gasteiger partial charge in [0.2, 0.25) is 5.95 Å². The first-order chi connectivity index (χ1) is 10.1. The van der Waals surface area contributed by atoms with Crippen molar-refractivity contribution in [3.05, 3.63) is 23.3 Å². The first-order valence-electron chi connectivity index (χ1n) is 6.90. The van der Waals surface area contributed by atoms with Gasteiger partial charge in [-0.25, -0.2) is 4.98 Å². The van der Waals surface area contributed by atoms with Crippen molar-refractivity contribution in [3.63, 3.8) is 0 Å². The first kappa shape index (κ1) is 13.9. The van der Waals surface area contributed by atoms with Gasteiger partial charge in [-0.2, -0.15) is 5.10 Å². The molecule has 0 spiro atoms. The van der Waals surface area contributed by atoms with Gasteiger partial charge in [-0.05, 0) is 13.8 Å². The van der Waals surface area contributed by atoms with Crippen LogP contribution < -0.4 is 4.90 Å². The Balaban J connectivity index is 1.84. The van der Waals surface area contributed by atoms with Gasteiger partial charge in [0.05, 0.1) is 29.1 Å². The second kappa shape index (κ2) is 5.36. The molecule has 0 unspecified atom stereocenters. The highest BCUT2D eigenvalue weighted by molar-refractivity contribution is 5.35. The number of hydrogen-bond acceptors (Lipinski definition) is 7. The number of aryl methyl sites for hydroxylation is 3. The second-order valence-corrected chi connectivity index (χ2v) is 5.39. The summed E-state index contributed by atoms with van der Waals surface area (Å²) in [6.45, 7) is 5.32. The van der Waals surface area contributed by atoms with E-state index in [1.54, 1.807) is 11.8 Å². The molecule has 0 radical (unpaired) electrons. The maximum atomic E-state index is 5.60. The molecule has 112 valence electrons. The average molecular weight is 289 g/mol. The lowest BCUT2D eigenvalue weighted by atomic mass is 10.0. The lowest BCUT2D eigenvalue weighted by Crippen LogP contribution is -2.25. The molecule has 0 amide bonds. The highest BCUT2D eigenvalue weighted by Gasteiger charge is 2.37. The van der Waals surface area contributed by atoms with E-state index in [9.17, 15) is 0 Å². The number of anilines is 1. The van der Waals surface area contributed by atoms with E-state index in [-0.39, 0.29) is 12.0 Å². The third kappa shape index (κ3) is 2.58. The summed E-state index contributed by atoms with van der Waals surface area (Å²) in [6, 6.07) is 0. The molecule has 1 aliphatic heterocycles. The molecule has 1 aliphatic rings. The summed E-state index contributed by atoms with van der Waals surface area (Å²) in [5.41, 5.74) is 2.69. The molecule has 21 heavy (non-hydrogen) atoms. The number of nitrogens with zero attached hydrogens (tertiary/aromatic N) is 7. The summed E-state index contributed by atoms with van der Waals surface area (Å²) in [6.07, 6.45) is 1.98. The molecule has 0 saturated carbocycles. The minimum Gasteiger partial charge on any atom is -0.379 e. The number of aromatic nitrogens is 6. The summed E-state index contributed by atoms with van der Waals surface area (Å²) >= 11 is 0. The minimum absolute atomic E-state index is 0.0481. The molecule has 1 saturated heterocycles. The smallest absolute Gasteiger partial charge is 0.245 e. The Morgan fingerprint density at radius 1 is 1.14 bits per heavy atom. The highest BCUT2D eigenvalue weighted by Crippen LogP contribution is 2.30. The van der Waals surface area contributed by atoms with Crippen molar-refractivity contribution in [2.24, 2.45) is 7.05 Å². The van der Waals surface area contributed by atoms with Crippen LogP contribution in [0.1, 0.15) is 23.0 Å². The van der Waals surface area contributed by atoms with Gasteiger partial charge in [-0.1, -0.05) is 5.21 Å². The zero-order valence-corrected chi connectivity index (χ0v) is 12.7. The van der Waals surface area contributed by atoms with Crippen LogP contribution in [0.5, 0.6) is 0 Å². The molecule has 2 aromatic rings. The van der Waals surface area contributed by atoms with Crippen LogP contribution in [-0.4, -0.2) is 56.5 Å². The Kier molecular flexibility index (Phi) is 3.54. The van der Waals surface area contributed by atoms with Crippen LogP contribution in [0.25, 0.3) is 0 Å². The van der Waals surface area contributed by atoms with Gasteiger partial charge in [-0.3, -0.25) is 4.68 Å². The molecule has 0 N–H and O–H groups in total. The predicted molar refractivity (Wildman–Crippen MR) is 76.1 cm³/mol. The normalized spacial score (nSPS) is 22.0. The van der Waals surface area contributed by atoms with E-state index in [4.69, 9.17) is 4.74 Å². The Morgan fingerprint density at radius 2 is 1.95 bits per heavy atom. The largest absolute Gasteiger partial charge is 0.379 e. The molecule has 8 nitrogen and oxygen atoms in total. The van der Waals surface area contributed by atoms with Crippen molar-refractivity contribution in [1.29, 1.82) is 0 Å². The zero-order chi connectivity index (χ0) is 15.0. The monoisotopic (exact) mass is 289 g/mol. The maximum absolute atomic E-state index is 5.60. The lowest BCUT2D eigenvalue weighted by Gasteiger charge is -2.15. The second-order valence-electron chi connectivity index (χ2n) is 5.39. The topological polar surface area (TPSA) is 81.9 Å². The van der Waals surface area contributed by atoms with Gasteiger partial charge in [0.1, 0.15) is 0 Å². The van der Waals surface area contributed by atoms with Crippen LogP contribution in [0, 0.1) is 13.8 Å². The third-order valence-electron chi connectivity index (χ3n) is 3.93. The van der Waals surface area contributed by atoms with E-state index in [0.29, 0.717) is 5.95 Å². The minimum atomic E-state index is 0.0481. The molecular formula is C13H19N7O. The maximum Gasteiger partial charge on any atom is 0.245 e. The Labute approximate surface area is 123 Å². The predicted octanol–water partition coefficient (Wildman–Crippen LogP) is 0.236. The summed E-state index contributed by atoms with van der Waals surface area (Å²) in [4.78, 5) is 6.60. The standard InChI is InChI=1S/C13H19N7O/c1-8-9(2)15-17-13(14-8)20-5-10(12(7-20)21-4)11-6-19(3)18-16-11/h6,10,12H,5,7H2,1-4H3/t10-,12+/m0/s1. The molecule has 0 aromatic carbocycles. The van der Waals surface area contributed by atoms with Gasteiger partial charge in [0, 0.05) is 33.4 Å². The van der Waals surface area contributed by atoms with Gasteiger partial charge in [0.15, 0.2) is 0 Å². The molecule has 2 atom stereocenters. The fraction of sp³-hybridized carbons (Fsp3) is 0.615. The molecular weight excluding hydrogens is 270 g/mol. The molecule has 3 heterocycles. The van der Waals surface area contributed by atoms with Crippen LogP contribution >= 0.6 is 0 Å². The lowest BCUT2D eigenvalue weighted by molar-refractivity contribution is 0.105. The summed E-state index contributed by atoms with van der Waals surface area (Å²) in [5, 5.41) is 16.5. The Bertz CT molecular complexity index is 641. The van der Waals surface area contributed by atoms with Crippen molar-refractivity contribution in [1.82, 2.24) is 30.2 Å². The van der Waals surface area contributed by atoms with Crippen LogP contribution in [-0.2, 0) is 11.8 Å². The van der Waals surface area contributed by atoms with Gasteiger partial charge in [-0.15, -0.1) is 10.2 Å². The van der Waals surface area contributed by atoms with E-state index in [1.807, 2.05) is 27.1 Å². The molecule has 8 heteroatoms.